The van der Waals surface area contributed by atoms with Crippen LogP contribution in [0, 0.1) is 0 Å². The van der Waals surface area contributed by atoms with Crippen molar-refractivity contribution < 1.29 is 9.47 Å². The molecule has 2 fully saturated rings. The van der Waals surface area contributed by atoms with E-state index in [1.54, 1.807) is 5.30 Å². The molecule has 2 aliphatic carbocycles. The number of benzene rings is 2. The summed E-state index contributed by atoms with van der Waals surface area (Å²) in [6, 6.07) is 9.42. The van der Waals surface area contributed by atoms with Crippen LogP contribution in [0.1, 0.15) is 140 Å². The van der Waals surface area contributed by atoms with Crippen molar-refractivity contribution in [1.82, 2.24) is 0 Å². The second kappa shape index (κ2) is 13.2. The average Bonchev–Trinajstić information content (AvgIpc) is 2.93. The molecule has 2 saturated carbocycles. The van der Waals surface area contributed by atoms with E-state index in [9.17, 15) is 0 Å². The van der Waals surface area contributed by atoms with Crippen LogP contribution in [0.5, 0.6) is 11.5 Å². The van der Waals surface area contributed by atoms with Gasteiger partial charge in [-0.3, -0.25) is 0 Å². The molecule has 0 spiro atoms. The van der Waals surface area contributed by atoms with Crippen LogP contribution in [-0.2, 0) is 0 Å². The highest BCUT2D eigenvalue weighted by molar-refractivity contribution is 7.67. The molecular formula is C35H54O2P+. The molecule has 0 saturated heterocycles. The highest BCUT2D eigenvalue weighted by Gasteiger charge is 2.44. The Morgan fingerprint density at radius 3 is 1.45 bits per heavy atom. The second-order valence-electron chi connectivity index (χ2n) is 12.9. The van der Waals surface area contributed by atoms with Gasteiger partial charge in [0.05, 0.1) is 31.1 Å². The van der Waals surface area contributed by atoms with Gasteiger partial charge in [-0.05, 0) is 104 Å². The summed E-state index contributed by atoms with van der Waals surface area (Å²) in [5.74, 6) is 3.53. The number of hydrogen-bond acceptors (Lipinski definition) is 2. The van der Waals surface area contributed by atoms with Gasteiger partial charge in [0.2, 0.25) is 0 Å². The van der Waals surface area contributed by atoms with E-state index in [1.807, 2.05) is 14.2 Å². The zero-order chi connectivity index (χ0) is 27.4. The molecule has 0 amide bonds. The van der Waals surface area contributed by atoms with E-state index >= 15 is 0 Å². The summed E-state index contributed by atoms with van der Waals surface area (Å²) in [4.78, 5) is 0. The molecule has 0 atom stereocenters. The zero-order valence-electron chi connectivity index (χ0n) is 25.6. The molecule has 0 heterocycles. The van der Waals surface area contributed by atoms with Crippen molar-refractivity contribution in [2.24, 2.45) is 0 Å². The van der Waals surface area contributed by atoms with E-state index < -0.39 is 7.92 Å². The molecule has 2 aromatic rings. The Balaban J connectivity index is 2.08. The average molecular weight is 538 g/mol. The Morgan fingerprint density at radius 1 is 0.605 bits per heavy atom. The molecule has 3 heteroatoms. The van der Waals surface area contributed by atoms with Crippen LogP contribution in [0.2, 0.25) is 0 Å². The summed E-state index contributed by atoms with van der Waals surface area (Å²) < 4.78 is 12.6. The van der Waals surface area contributed by atoms with Gasteiger partial charge in [-0.1, -0.05) is 66.5 Å². The van der Waals surface area contributed by atoms with Gasteiger partial charge in [-0.2, -0.15) is 0 Å². The fourth-order valence-corrected chi connectivity index (χ4v) is 11.8. The normalized spacial score (nSPS) is 17.7. The van der Waals surface area contributed by atoms with Gasteiger partial charge in [0, 0.05) is 7.92 Å². The van der Waals surface area contributed by atoms with Crippen molar-refractivity contribution in [1.29, 1.82) is 0 Å². The molecule has 2 aliphatic rings. The van der Waals surface area contributed by atoms with E-state index in [1.165, 1.54) is 92.0 Å². The minimum absolute atomic E-state index is 0.435. The standard InChI is InChI=1S/C35H53O2P/c1-23(2)26-21-29(24(3)4)33(30(22-26)25(5)6)34-31(36-7)19-20-32(37-8)35(34)38(27-15-11-9-12-16-27)28-17-13-10-14-18-28/h19-25,27-28H,9-18H2,1-8H3/p+1. The Hall–Kier alpha value is -1.53. The monoisotopic (exact) mass is 537 g/mol. The van der Waals surface area contributed by atoms with E-state index in [-0.39, 0.29) is 0 Å². The van der Waals surface area contributed by atoms with E-state index in [4.69, 9.17) is 9.47 Å². The van der Waals surface area contributed by atoms with E-state index in [2.05, 4.69) is 65.8 Å². The maximum absolute atomic E-state index is 6.30. The highest BCUT2D eigenvalue weighted by atomic mass is 31.1. The van der Waals surface area contributed by atoms with Crippen LogP contribution in [0.3, 0.4) is 0 Å². The lowest BCUT2D eigenvalue weighted by Gasteiger charge is -2.35. The van der Waals surface area contributed by atoms with Crippen LogP contribution >= 0.6 is 7.92 Å². The number of ether oxygens (including phenoxy) is 2. The van der Waals surface area contributed by atoms with Crippen LogP contribution in [-0.4, -0.2) is 25.5 Å². The molecule has 210 valence electrons. The lowest BCUT2D eigenvalue weighted by Crippen LogP contribution is -2.28. The third kappa shape index (κ3) is 6.11. The Kier molecular flexibility index (Phi) is 10.2. The van der Waals surface area contributed by atoms with Gasteiger partial charge < -0.3 is 9.47 Å². The Labute approximate surface area is 235 Å². The Bertz CT molecular complexity index is 1010. The fraction of sp³-hybridized carbons (Fsp3) is 0.657. The summed E-state index contributed by atoms with van der Waals surface area (Å²) >= 11 is 0. The molecular weight excluding hydrogens is 483 g/mol. The predicted molar refractivity (Wildman–Crippen MR) is 169 cm³/mol. The molecule has 2 aromatic carbocycles. The molecule has 2 nitrogen and oxygen atoms in total. The molecule has 0 radical (unpaired) electrons. The smallest absolute Gasteiger partial charge is 0.161 e. The van der Waals surface area contributed by atoms with E-state index in [0.717, 1.165) is 22.8 Å². The van der Waals surface area contributed by atoms with Gasteiger partial charge in [0.25, 0.3) is 0 Å². The van der Waals surface area contributed by atoms with E-state index in [0.29, 0.717) is 17.8 Å². The SMILES string of the molecule is COc1ccc(OC)c([PH+](C2CCCCC2)C2CCCCC2)c1-c1c(C(C)C)cc(C(C)C)cc1C(C)C. The van der Waals surface area contributed by atoms with Crippen molar-refractivity contribution in [3.8, 4) is 22.6 Å². The second-order valence-corrected chi connectivity index (χ2v) is 15.9. The summed E-state index contributed by atoms with van der Waals surface area (Å²) in [5.41, 5.74) is 8.88. The maximum atomic E-state index is 6.30. The summed E-state index contributed by atoms with van der Waals surface area (Å²) in [5, 5.41) is 1.55. The third-order valence-corrected chi connectivity index (χ3v) is 13.3. The van der Waals surface area contributed by atoms with Crippen molar-refractivity contribution in [3.05, 3.63) is 41.0 Å². The first kappa shape index (κ1) is 29.5. The van der Waals surface area contributed by atoms with Crippen molar-refractivity contribution in [2.45, 2.75) is 135 Å². The van der Waals surface area contributed by atoms with Crippen LogP contribution in [0.4, 0.5) is 0 Å². The first-order chi connectivity index (χ1) is 18.3. The van der Waals surface area contributed by atoms with Gasteiger partial charge in [-0.25, -0.2) is 0 Å². The maximum Gasteiger partial charge on any atom is 0.161 e. The summed E-state index contributed by atoms with van der Waals surface area (Å²) in [7, 11) is 2.88. The van der Waals surface area contributed by atoms with Crippen molar-refractivity contribution in [3.63, 3.8) is 0 Å². The van der Waals surface area contributed by atoms with Crippen LogP contribution < -0.4 is 14.8 Å². The third-order valence-electron chi connectivity index (χ3n) is 9.33. The Morgan fingerprint density at radius 2 is 1.05 bits per heavy atom. The molecule has 38 heavy (non-hydrogen) atoms. The molecule has 0 N–H and O–H groups in total. The minimum atomic E-state index is -0.889. The van der Waals surface area contributed by atoms with Gasteiger partial charge in [0.1, 0.15) is 11.1 Å². The van der Waals surface area contributed by atoms with Gasteiger partial charge in [0.15, 0.2) is 5.75 Å². The first-order valence-corrected chi connectivity index (χ1v) is 17.2. The number of hydrogen-bond donors (Lipinski definition) is 0. The minimum Gasteiger partial charge on any atom is -0.496 e. The lowest BCUT2D eigenvalue weighted by atomic mass is 9.81. The lowest BCUT2D eigenvalue weighted by molar-refractivity contribution is 0.406. The van der Waals surface area contributed by atoms with Gasteiger partial charge >= 0.3 is 0 Å². The van der Waals surface area contributed by atoms with Crippen molar-refractivity contribution in [2.75, 3.05) is 14.2 Å². The van der Waals surface area contributed by atoms with Crippen LogP contribution in [0.15, 0.2) is 24.3 Å². The van der Waals surface area contributed by atoms with Crippen LogP contribution in [0.25, 0.3) is 11.1 Å². The van der Waals surface area contributed by atoms with Crippen molar-refractivity contribution >= 4 is 13.2 Å². The topological polar surface area (TPSA) is 18.5 Å². The molecule has 0 bridgehead atoms. The largest absolute Gasteiger partial charge is 0.496 e. The zero-order valence-corrected chi connectivity index (χ0v) is 26.6. The molecule has 4 rings (SSSR count). The fourth-order valence-electron chi connectivity index (χ4n) is 7.25. The highest BCUT2D eigenvalue weighted by Crippen LogP contribution is 2.59. The molecule has 0 unspecified atom stereocenters. The predicted octanol–water partition coefficient (Wildman–Crippen LogP) is 10.2. The summed E-state index contributed by atoms with van der Waals surface area (Å²) in [6.45, 7) is 14.1. The first-order valence-electron chi connectivity index (χ1n) is 15.6. The quantitative estimate of drug-likeness (QED) is 0.296. The summed E-state index contributed by atoms with van der Waals surface area (Å²) in [6.07, 6.45) is 14.0. The van der Waals surface area contributed by atoms with Gasteiger partial charge in [-0.15, -0.1) is 0 Å². The molecule has 0 aromatic heterocycles. The molecule has 0 aliphatic heterocycles. The number of rotatable bonds is 9. The number of methoxy groups -OCH3 is 2.